The van der Waals surface area contributed by atoms with Crippen LogP contribution < -0.4 is 0 Å². The van der Waals surface area contributed by atoms with E-state index in [9.17, 15) is 0 Å². The molecule has 3 rings (SSSR count). The average Bonchev–Trinajstić information content (AvgIpc) is 2.80. The van der Waals surface area contributed by atoms with Crippen molar-refractivity contribution in [3.8, 4) is 0 Å². The maximum atomic E-state index is 7.56. The molecule has 0 aliphatic heterocycles. The van der Waals surface area contributed by atoms with Crippen LogP contribution in [0.15, 0.2) is 0 Å². The summed E-state index contributed by atoms with van der Waals surface area (Å²) in [6.45, 7) is 17.4. The fourth-order valence-corrected chi connectivity index (χ4v) is 27.8. The quantitative estimate of drug-likeness (QED) is 0.243. The summed E-state index contributed by atoms with van der Waals surface area (Å²) in [6, 6.07) is 1.03. The Labute approximate surface area is 217 Å². The van der Waals surface area contributed by atoms with Crippen LogP contribution in [0.1, 0.15) is 110 Å². The molecule has 3 saturated carbocycles. The maximum absolute atomic E-state index is 7.56. The first-order valence-electron chi connectivity index (χ1n) is 15.1. The molecule has 0 N–H and O–H groups in total. The van der Waals surface area contributed by atoms with E-state index in [1.165, 1.54) is 96.3 Å². The lowest BCUT2D eigenvalue weighted by Gasteiger charge is -2.50. The second kappa shape index (κ2) is 12.5. The van der Waals surface area contributed by atoms with Gasteiger partial charge in [-0.2, -0.15) is 0 Å². The third kappa shape index (κ3) is 7.87. The highest BCUT2D eigenvalue weighted by Gasteiger charge is 2.55. The summed E-state index contributed by atoms with van der Waals surface area (Å²) in [5.74, 6) is 0. The first-order valence-corrected chi connectivity index (χ1v) is 26.0. The molecule has 0 atom stereocenters. The van der Waals surface area contributed by atoms with Gasteiger partial charge in [-0.1, -0.05) is 110 Å². The van der Waals surface area contributed by atoms with E-state index < -0.39 is 33.8 Å². The molecule has 0 aromatic heterocycles. The summed E-state index contributed by atoms with van der Waals surface area (Å²) in [5.41, 5.74) is 2.32. The molecule has 0 radical (unpaired) electrons. The minimum atomic E-state index is -2.77. The Kier molecular flexibility index (Phi) is 10.8. The summed E-state index contributed by atoms with van der Waals surface area (Å²) >= 11 is 0. The van der Waals surface area contributed by atoms with E-state index in [4.69, 9.17) is 12.3 Å². The number of rotatable bonds is 11. The highest BCUT2D eigenvalue weighted by atomic mass is 28.5. The van der Waals surface area contributed by atoms with E-state index in [1.807, 2.05) is 0 Å². The fraction of sp³-hybridized carbons (Fsp3) is 1.00. The molecule has 7 heteroatoms. The molecule has 3 aliphatic rings. The van der Waals surface area contributed by atoms with E-state index >= 15 is 0 Å². The molecule has 0 spiro atoms. The maximum Gasteiger partial charge on any atom is 0.469 e. The standard InChI is InChI=1S/C27H58O3Si4/c1-8-24-34(28-31(2,3)25-18-12-9-13-19-25,29-32(4,5)26-20-14-10-15-21-26)30-33(6,7)27-22-16-11-17-23-27/h25-27H,8-24H2,1-7H3. The Balaban J connectivity index is 1.90. The summed E-state index contributed by atoms with van der Waals surface area (Å²) in [7, 11) is -8.52. The molecule has 3 fully saturated rings. The third-order valence-electron chi connectivity index (χ3n) is 9.58. The minimum absolute atomic E-state index is 0.774. The summed E-state index contributed by atoms with van der Waals surface area (Å²) in [6.07, 6.45) is 21.9. The Bertz CT molecular complexity index is 528. The van der Waals surface area contributed by atoms with Crippen molar-refractivity contribution in [1.29, 1.82) is 0 Å². The molecule has 0 amide bonds. The fourth-order valence-electron chi connectivity index (χ4n) is 7.37. The van der Waals surface area contributed by atoms with Gasteiger partial charge in [0, 0.05) is 6.04 Å². The van der Waals surface area contributed by atoms with Gasteiger partial charge in [0.15, 0.2) is 25.0 Å². The first-order chi connectivity index (χ1) is 16.0. The van der Waals surface area contributed by atoms with Crippen LogP contribution in [0.3, 0.4) is 0 Å². The van der Waals surface area contributed by atoms with Crippen molar-refractivity contribution in [2.75, 3.05) is 0 Å². The molecule has 3 nitrogen and oxygen atoms in total. The molecule has 3 aliphatic carbocycles. The van der Waals surface area contributed by atoms with Crippen molar-refractivity contribution >= 4 is 33.8 Å². The number of hydrogen-bond acceptors (Lipinski definition) is 3. The van der Waals surface area contributed by atoms with Crippen LogP contribution in [-0.4, -0.2) is 33.8 Å². The van der Waals surface area contributed by atoms with E-state index in [2.05, 4.69) is 46.2 Å². The van der Waals surface area contributed by atoms with Gasteiger partial charge in [0.25, 0.3) is 0 Å². The lowest BCUT2D eigenvalue weighted by Crippen LogP contribution is -2.64. The number of hydrogen-bond donors (Lipinski definition) is 0. The van der Waals surface area contributed by atoms with Crippen LogP contribution in [0, 0.1) is 0 Å². The largest absolute Gasteiger partial charge is 0.469 e. The van der Waals surface area contributed by atoms with E-state index in [0.29, 0.717) is 0 Å². The SMILES string of the molecule is CCC[Si](O[Si](C)(C)C1CCCCC1)(O[Si](C)(C)C1CCCCC1)O[Si](C)(C)C1CCCCC1. The van der Waals surface area contributed by atoms with Crippen LogP contribution in [0.2, 0.25) is 61.9 Å². The van der Waals surface area contributed by atoms with Gasteiger partial charge >= 0.3 is 8.80 Å². The first kappa shape index (κ1) is 29.3. The van der Waals surface area contributed by atoms with Gasteiger partial charge < -0.3 is 12.3 Å². The zero-order chi connectivity index (χ0) is 24.9. The minimum Gasteiger partial charge on any atom is -0.416 e. The van der Waals surface area contributed by atoms with Crippen molar-refractivity contribution in [1.82, 2.24) is 0 Å². The Hall–Kier alpha value is 0.748. The van der Waals surface area contributed by atoms with Crippen molar-refractivity contribution in [3.05, 3.63) is 0 Å². The second-order valence-electron chi connectivity index (χ2n) is 13.6. The topological polar surface area (TPSA) is 27.7 Å². The van der Waals surface area contributed by atoms with Crippen molar-refractivity contribution in [2.24, 2.45) is 0 Å². The van der Waals surface area contributed by atoms with Crippen LogP contribution >= 0.6 is 0 Å². The zero-order valence-corrected chi connectivity index (χ0v) is 28.0. The van der Waals surface area contributed by atoms with Gasteiger partial charge in [-0.05, 0) is 55.9 Å². The highest BCUT2D eigenvalue weighted by Crippen LogP contribution is 2.46. The van der Waals surface area contributed by atoms with Gasteiger partial charge in [0.1, 0.15) is 0 Å². The molecule has 0 unspecified atom stereocenters. The zero-order valence-electron chi connectivity index (χ0n) is 24.0. The van der Waals surface area contributed by atoms with E-state index in [-0.39, 0.29) is 0 Å². The molecule has 0 aromatic carbocycles. The molecular weight excluding hydrogens is 485 g/mol. The van der Waals surface area contributed by atoms with Crippen LogP contribution in [0.25, 0.3) is 0 Å². The van der Waals surface area contributed by atoms with E-state index in [1.54, 1.807) is 0 Å². The monoisotopic (exact) mass is 542 g/mol. The van der Waals surface area contributed by atoms with Crippen molar-refractivity contribution < 1.29 is 12.3 Å². The average molecular weight is 543 g/mol. The van der Waals surface area contributed by atoms with Crippen molar-refractivity contribution in [3.63, 3.8) is 0 Å². The summed E-state index contributed by atoms with van der Waals surface area (Å²) in [5, 5.41) is 0. The molecule has 34 heavy (non-hydrogen) atoms. The Morgan fingerprint density at radius 3 is 0.971 bits per heavy atom. The predicted octanol–water partition coefficient (Wildman–Crippen LogP) is 10.0. The lowest BCUT2D eigenvalue weighted by atomic mass is 10.0. The summed E-state index contributed by atoms with van der Waals surface area (Å²) in [4.78, 5) is 0. The predicted molar refractivity (Wildman–Crippen MR) is 157 cm³/mol. The second-order valence-corrected chi connectivity index (χ2v) is 29.9. The highest BCUT2D eigenvalue weighted by molar-refractivity contribution is 6.91. The van der Waals surface area contributed by atoms with Crippen LogP contribution in [-0.2, 0) is 12.3 Å². The van der Waals surface area contributed by atoms with Gasteiger partial charge in [0.2, 0.25) is 0 Å². The molecular formula is C27H58O3Si4. The molecule has 0 bridgehead atoms. The molecule has 0 aromatic rings. The smallest absolute Gasteiger partial charge is 0.416 e. The van der Waals surface area contributed by atoms with Gasteiger partial charge in [0.05, 0.1) is 0 Å². The van der Waals surface area contributed by atoms with Crippen molar-refractivity contribution in [2.45, 2.75) is 172 Å². The summed E-state index contributed by atoms with van der Waals surface area (Å²) < 4.78 is 22.7. The molecule has 0 heterocycles. The van der Waals surface area contributed by atoms with Gasteiger partial charge in [-0.25, -0.2) is 0 Å². The third-order valence-corrected chi connectivity index (χ3v) is 28.4. The van der Waals surface area contributed by atoms with Gasteiger partial charge in [-0.3, -0.25) is 0 Å². The Morgan fingerprint density at radius 1 is 0.471 bits per heavy atom. The lowest BCUT2D eigenvalue weighted by molar-refractivity contribution is 0.230. The van der Waals surface area contributed by atoms with E-state index in [0.717, 1.165) is 29.1 Å². The van der Waals surface area contributed by atoms with Gasteiger partial charge in [-0.15, -0.1) is 0 Å². The van der Waals surface area contributed by atoms with Crippen LogP contribution in [0.5, 0.6) is 0 Å². The molecule has 200 valence electrons. The Morgan fingerprint density at radius 2 is 0.735 bits per heavy atom. The normalized spacial score (nSPS) is 23.4. The molecule has 0 saturated heterocycles. The van der Waals surface area contributed by atoms with Crippen LogP contribution in [0.4, 0.5) is 0 Å².